The fourth-order valence-corrected chi connectivity index (χ4v) is 6.05. The number of nitrogens with one attached hydrogen (secondary N) is 1. The Labute approximate surface area is 203 Å². The van der Waals surface area contributed by atoms with E-state index in [9.17, 15) is 26.9 Å². The molecule has 2 aliphatic heterocycles. The molecule has 2 aliphatic rings. The van der Waals surface area contributed by atoms with Gasteiger partial charge in [-0.1, -0.05) is 19.1 Å². The number of halogens is 1. The van der Waals surface area contributed by atoms with Gasteiger partial charge in [0, 0.05) is 31.0 Å². The molecule has 1 unspecified atom stereocenters. The van der Waals surface area contributed by atoms with Crippen molar-refractivity contribution in [2.45, 2.75) is 37.2 Å². The summed E-state index contributed by atoms with van der Waals surface area (Å²) >= 11 is 0. The first-order valence-corrected chi connectivity index (χ1v) is 14.6. The molecule has 0 radical (unpaired) electrons. The molecule has 4 rings (SSSR count). The summed E-state index contributed by atoms with van der Waals surface area (Å²) in [6, 6.07) is 9.87. The van der Waals surface area contributed by atoms with Gasteiger partial charge >= 0.3 is 0 Å². The quantitative estimate of drug-likeness (QED) is 0.600. The summed E-state index contributed by atoms with van der Waals surface area (Å²) in [7, 11) is -6.66. The molecule has 2 aromatic rings. The molecule has 0 fully saturated rings. The van der Waals surface area contributed by atoms with Gasteiger partial charge in [-0.3, -0.25) is 9.52 Å². The topological polar surface area (TPSA) is 129 Å². The summed E-state index contributed by atoms with van der Waals surface area (Å²) in [5.74, 6) is -1.23. The number of sulfonamides is 1. The van der Waals surface area contributed by atoms with Crippen LogP contribution in [0.4, 0.5) is 15.8 Å². The number of nitrogens with zero attached hydrogens (tertiary/aromatic N) is 3. The third kappa shape index (κ3) is 5.22. The predicted octanol–water partition coefficient (Wildman–Crippen LogP) is 3.72. The van der Waals surface area contributed by atoms with Gasteiger partial charge in [0.25, 0.3) is 5.91 Å². The lowest BCUT2D eigenvalue weighted by Gasteiger charge is -2.36. The first-order chi connectivity index (χ1) is 16.4. The number of benzene rings is 2. The normalized spacial score (nSPS) is 22.4. The Hall–Kier alpha value is -3.25. The number of amides is 1. The first kappa shape index (κ1) is 24.9. The van der Waals surface area contributed by atoms with E-state index in [-0.39, 0.29) is 58.3 Å². The Kier molecular flexibility index (Phi) is 6.45. The van der Waals surface area contributed by atoms with Crippen molar-refractivity contribution in [3.05, 3.63) is 65.2 Å². The average Bonchev–Trinajstić information content (AvgIpc) is 2.76. The maximum absolute atomic E-state index is 13.5. The molecule has 9 nitrogen and oxygen atoms in total. The van der Waals surface area contributed by atoms with E-state index < -0.39 is 25.7 Å². The highest BCUT2D eigenvalue weighted by molar-refractivity contribution is 7.93. The maximum atomic E-state index is 13.5. The smallest absolute Gasteiger partial charge is 0.261 e. The van der Waals surface area contributed by atoms with Crippen molar-refractivity contribution in [3.8, 4) is 0 Å². The van der Waals surface area contributed by atoms with Crippen LogP contribution in [0.25, 0.3) is 0 Å². The summed E-state index contributed by atoms with van der Waals surface area (Å²) in [4.78, 5) is 19.7. The van der Waals surface area contributed by atoms with Gasteiger partial charge in [-0.2, -0.15) is 4.36 Å². The number of rotatable bonds is 6. The van der Waals surface area contributed by atoms with Gasteiger partial charge in [0.2, 0.25) is 10.0 Å². The number of carbonyl (C=O) groups excluding carboxylic acids is 1. The van der Waals surface area contributed by atoms with Crippen LogP contribution in [0.2, 0.25) is 0 Å². The Bertz CT molecular complexity index is 1490. The number of anilines is 1. The van der Waals surface area contributed by atoms with Gasteiger partial charge in [-0.05, 0) is 42.3 Å². The number of aliphatic hydroxyl groups excluding tert-OH is 1. The Morgan fingerprint density at radius 1 is 1.23 bits per heavy atom. The standard InChI is InChI=1S/C23H25FN4O5S2/c1-4-17-12-19(29)21(23(30)28(17)13-14-5-7-15(24)8-6-14)22-25-18-10-9-16(26-35(3,32)33)11-20(18)34(2,31)27-22/h5-11,17,26,29H,4,12-13H2,1-3H3/t17-,34?/m0/s1. The number of amidine groups is 1. The SMILES string of the molecule is CC[C@H]1CC(O)=C(C2=Nc3ccc(NS(C)(=O)=O)cc3S(C)(=O)=N2)C(=O)N1Cc1ccc(F)cc1. The monoisotopic (exact) mass is 520 g/mol. The number of carbonyl (C=O) groups is 1. The van der Waals surface area contributed by atoms with E-state index in [4.69, 9.17) is 0 Å². The van der Waals surface area contributed by atoms with Gasteiger partial charge in [-0.25, -0.2) is 22.0 Å². The molecule has 2 aromatic carbocycles. The van der Waals surface area contributed by atoms with Gasteiger partial charge in [0.15, 0.2) is 5.84 Å². The number of hydrogen-bond donors (Lipinski definition) is 2. The molecule has 0 bridgehead atoms. The van der Waals surface area contributed by atoms with Crippen molar-refractivity contribution < 1.29 is 26.9 Å². The molecule has 186 valence electrons. The van der Waals surface area contributed by atoms with E-state index in [0.717, 1.165) is 11.8 Å². The van der Waals surface area contributed by atoms with Gasteiger partial charge in [0.1, 0.15) is 17.1 Å². The second kappa shape index (κ2) is 9.08. The molecule has 0 saturated carbocycles. The molecular weight excluding hydrogens is 495 g/mol. The molecule has 2 atom stereocenters. The maximum Gasteiger partial charge on any atom is 0.261 e. The summed E-state index contributed by atoms with van der Waals surface area (Å²) in [6.07, 6.45) is 3.11. The zero-order chi connectivity index (χ0) is 25.5. The summed E-state index contributed by atoms with van der Waals surface area (Å²) in [6.45, 7) is 2.09. The lowest BCUT2D eigenvalue weighted by Crippen LogP contribution is -2.45. The minimum Gasteiger partial charge on any atom is -0.511 e. The first-order valence-electron chi connectivity index (χ1n) is 10.8. The van der Waals surface area contributed by atoms with Crippen LogP contribution in [0.5, 0.6) is 0 Å². The third-order valence-electron chi connectivity index (χ3n) is 5.75. The van der Waals surface area contributed by atoms with E-state index in [1.165, 1.54) is 36.6 Å². The van der Waals surface area contributed by atoms with Gasteiger partial charge < -0.3 is 10.0 Å². The lowest BCUT2D eigenvalue weighted by molar-refractivity contribution is -0.131. The number of aliphatic imine (C=N–C) groups is 1. The minimum atomic E-state index is -3.55. The molecule has 1 amide bonds. The molecule has 12 heteroatoms. The van der Waals surface area contributed by atoms with Crippen LogP contribution in [0.15, 0.2) is 68.0 Å². The zero-order valence-electron chi connectivity index (χ0n) is 19.4. The number of aliphatic hydroxyl groups is 1. The number of fused-ring (bicyclic) bond motifs is 1. The largest absolute Gasteiger partial charge is 0.511 e. The summed E-state index contributed by atoms with van der Waals surface area (Å²) in [5, 5.41) is 10.8. The fraction of sp³-hybridized carbons (Fsp3) is 0.304. The molecule has 2 heterocycles. The van der Waals surface area contributed by atoms with Crippen LogP contribution >= 0.6 is 0 Å². The highest BCUT2D eigenvalue weighted by Crippen LogP contribution is 2.36. The highest BCUT2D eigenvalue weighted by atomic mass is 32.2. The van der Waals surface area contributed by atoms with Crippen molar-refractivity contribution in [2.24, 2.45) is 9.36 Å². The van der Waals surface area contributed by atoms with E-state index in [2.05, 4.69) is 14.1 Å². The molecule has 0 saturated heterocycles. The van der Waals surface area contributed by atoms with Crippen molar-refractivity contribution in [2.75, 3.05) is 17.2 Å². The fourth-order valence-electron chi connectivity index (χ4n) is 4.08. The van der Waals surface area contributed by atoms with Gasteiger partial charge in [0.05, 0.1) is 26.6 Å². The molecule has 0 aliphatic carbocycles. The second-order valence-electron chi connectivity index (χ2n) is 8.53. The van der Waals surface area contributed by atoms with Crippen LogP contribution in [-0.4, -0.2) is 52.9 Å². The molecule has 0 spiro atoms. The van der Waals surface area contributed by atoms with E-state index in [1.807, 2.05) is 6.92 Å². The Morgan fingerprint density at radius 3 is 2.54 bits per heavy atom. The van der Waals surface area contributed by atoms with Crippen LogP contribution in [0.3, 0.4) is 0 Å². The minimum absolute atomic E-state index is 0.129. The van der Waals surface area contributed by atoms with Gasteiger partial charge in [-0.15, -0.1) is 0 Å². The summed E-state index contributed by atoms with van der Waals surface area (Å²) in [5.41, 5.74) is 1.06. The lowest BCUT2D eigenvalue weighted by atomic mass is 9.96. The zero-order valence-corrected chi connectivity index (χ0v) is 21.0. The Morgan fingerprint density at radius 2 is 1.91 bits per heavy atom. The van der Waals surface area contributed by atoms with Crippen LogP contribution in [0, 0.1) is 5.82 Å². The van der Waals surface area contributed by atoms with E-state index in [0.29, 0.717) is 6.42 Å². The molecule has 0 aromatic heterocycles. The van der Waals surface area contributed by atoms with Crippen LogP contribution < -0.4 is 4.72 Å². The molecule has 35 heavy (non-hydrogen) atoms. The van der Waals surface area contributed by atoms with Crippen molar-refractivity contribution in [1.82, 2.24) is 4.90 Å². The molecule has 2 N–H and O–H groups in total. The van der Waals surface area contributed by atoms with E-state index in [1.54, 1.807) is 17.0 Å². The van der Waals surface area contributed by atoms with Crippen molar-refractivity contribution >= 4 is 42.9 Å². The third-order valence-corrected chi connectivity index (χ3v) is 8.02. The predicted molar refractivity (Wildman–Crippen MR) is 132 cm³/mol. The highest BCUT2D eigenvalue weighted by Gasteiger charge is 2.37. The van der Waals surface area contributed by atoms with Crippen LogP contribution in [0.1, 0.15) is 25.3 Å². The van der Waals surface area contributed by atoms with Crippen LogP contribution in [-0.2, 0) is 31.1 Å². The Balaban J connectivity index is 1.74. The molecular formula is C23H25FN4O5S2. The summed E-state index contributed by atoms with van der Waals surface area (Å²) < 4.78 is 56.4. The van der Waals surface area contributed by atoms with Crippen molar-refractivity contribution in [1.29, 1.82) is 0 Å². The van der Waals surface area contributed by atoms with Crippen molar-refractivity contribution in [3.63, 3.8) is 0 Å². The van der Waals surface area contributed by atoms with E-state index >= 15 is 0 Å². The number of hydrogen-bond acceptors (Lipinski definition) is 7. The second-order valence-corrected chi connectivity index (χ2v) is 12.5. The average molecular weight is 521 g/mol.